The molecule has 1 aliphatic heterocycles. The van der Waals surface area contributed by atoms with Crippen molar-refractivity contribution in [3.05, 3.63) is 35.9 Å². The van der Waals surface area contributed by atoms with Crippen LogP contribution in [-0.2, 0) is 11.3 Å². The first-order valence-electron chi connectivity index (χ1n) is 7.76. The van der Waals surface area contributed by atoms with E-state index < -0.39 is 24.0 Å². The Bertz CT molecular complexity index is 666. The Morgan fingerprint density at radius 3 is 2.75 bits per heavy atom. The predicted octanol–water partition coefficient (Wildman–Crippen LogP) is 2.34. The van der Waals surface area contributed by atoms with Gasteiger partial charge in [0, 0.05) is 12.3 Å². The second-order valence-electron chi connectivity index (χ2n) is 5.42. The summed E-state index contributed by atoms with van der Waals surface area (Å²) in [5.41, 5.74) is 1.37. The third-order valence-corrected chi connectivity index (χ3v) is 3.73. The maximum atomic E-state index is 12.2. The summed E-state index contributed by atoms with van der Waals surface area (Å²) in [7, 11) is 0. The first-order chi connectivity index (χ1) is 11.6. The van der Waals surface area contributed by atoms with E-state index in [2.05, 4.69) is 16.4 Å². The van der Waals surface area contributed by atoms with Crippen LogP contribution in [0.1, 0.15) is 19.4 Å². The Morgan fingerprint density at radius 1 is 1.42 bits per heavy atom. The smallest absolute Gasteiger partial charge is 0.352 e. The second kappa shape index (κ2) is 8.22. The van der Waals surface area contributed by atoms with Crippen molar-refractivity contribution in [1.29, 1.82) is 5.26 Å². The highest BCUT2D eigenvalue weighted by Crippen LogP contribution is 2.21. The Hall–Kier alpha value is -2.72. The maximum Gasteiger partial charge on any atom is 0.352 e. The number of ether oxygens (including phenoxy) is 1. The van der Waals surface area contributed by atoms with Crippen LogP contribution in [0.5, 0.6) is 0 Å². The number of hydrogen-bond acceptors (Lipinski definition) is 4. The van der Waals surface area contributed by atoms with E-state index in [4.69, 9.17) is 4.74 Å². The van der Waals surface area contributed by atoms with Crippen LogP contribution in [0.3, 0.4) is 0 Å². The molecule has 0 fully saturated rings. The molecule has 0 bridgehead atoms. The van der Waals surface area contributed by atoms with Crippen LogP contribution >= 0.6 is 0 Å². The van der Waals surface area contributed by atoms with Crippen LogP contribution in [0, 0.1) is 17.2 Å². The molecule has 126 valence electrons. The highest BCUT2D eigenvalue weighted by molar-refractivity contribution is 6.05. The fourth-order valence-corrected chi connectivity index (χ4v) is 2.54. The number of carbonyl (C=O) groups excluding carboxylic acids is 2. The third-order valence-electron chi connectivity index (χ3n) is 3.73. The standard InChI is InChI=1S/C17H20N4O3/c1-3-19-16(22)21-15(14(9-18)12(2)20-17(21)23)11-24-10-13-7-5-4-6-8-13/h4-8,14-15H,3,10-11H2,1-2H3,(H,19,22). The van der Waals surface area contributed by atoms with Gasteiger partial charge in [-0.25, -0.2) is 19.5 Å². The summed E-state index contributed by atoms with van der Waals surface area (Å²) in [6.45, 7) is 4.15. The number of hydrogen-bond donors (Lipinski definition) is 1. The molecule has 0 aliphatic carbocycles. The first-order valence-corrected chi connectivity index (χ1v) is 7.76. The van der Waals surface area contributed by atoms with Crippen molar-refractivity contribution in [2.45, 2.75) is 26.5 Å². The van der Waals surface area contributed by atoms with Crippen molar-refractivity contribution in [3.8, 4) is 6.07 Å². The molecule has 0 spiro atoms. The van der Waals surface area contributed by atoms with E-state index in [1.54, 1.807) is 13.8 Å². The molecule has 24 heavy (non-hydrogen) atoms. The molecule has 0 saturated heterocycles. The van der Waals surface area contributed by atoms with Crippen LogP contribution in [0.4, 0.5) is 9.59 Å². The summed E-state index contributed by atoms with van der Waals surface area (Å²) in [6, 6.07) is 9.73. The zero-order valence-corrected chi connectivity index (χ0v) is 13.7. The van der Waals surface area contributed by atoms with E-state index in [1.807, 2.05) is 30.3 Å². The Balaban J connectivity index is 2.14. The first kappa shape index (κ1) is 17.6. The SMILES string of the molecule is CCNC(=O)N1C(=O)N=C(C)C(C#N)C1COCc1ccccc1. The molecule has 2 unspecified atom stereocenters. The molecule has 7 nitrogen and oxygen atoms in total. The number of nitrogens with zero attached hydrogens (tertiary/aromatic N) is 3. The summed E-state index contributed by atoms with van der Waals surface area (Å²) in [6.07, 6.45) is 0. The van der Waals surface area contributed by atoms with Crippen molar-refractivity contribution < 1.29 is 14.3 Å². The molecule has 1 aromatic rings. The van der Waals surface area contributed by atoms with Gasteiger partial charge in [0.1, 0.15) is 5.92 Å². The van der Waals surface area contributed by atoms with Gasteiger partial charge in [-0.05, 0) is 19.4 Å². The van der Waals surface area contributed by atoms with Crippen molar-refractivity contribution in [1.82, 2.24) is 10.2 Å². The van der Waals surface area contributed by atoms with E-state index in [0.29, 0.717) is 18.9 Å². The Morgan fingerprint density at radius 2 is 2.12 bits per heavy atom. The number of carbonyl (C=O) groups is 2. The van der Waals surface area contributed by atoms with Gasteiger partial charge in [0.05, 0.1) is 25.3 Å². The molecule has 2 rings (SSSR count). The minimum absolute atomic E-state index is 0.0723. The maximum absolute atomic E-state index is 12.2. The molecule has 0 saturated carbocycles. The molecule has 2 atom stereocenters. The number of nitriles is 1. The van der Waals surface area contributed by atoms with Gasteiger partial charge >= 0.3 is 12.1 Å². The fraction of sp³-hybridized carbons (Fsp3) is 0.412. The average molecular weight is 328 g/mol. The highest BCUT2D eigenvalue weighted by atomic mass is 16.5. The van der Waals surface area contributed by atoms with Crippen LogP contribution in [0.25, 0.3) is 0 Å². The number of amides is 4. The molecule has 0 aromatic heterocycles. The van der Waals surface area contributed by atoms with Crippen molar-refractivity contribution in [3.63, 3.8) is 0 Å². The second-order valence-corrected chi connectivity index (χ2v) is 5.42. The fourth-order valence-electron chi connectivity index (χ4n) is 2.54. The molecule has 0 radical (unpaired) electrons. The number of imide groups is 1. The lowest BCUT2D eigenvalue weighted by molar-refractivity contribution is 0.0649. The average Bonchev–Trinajstić information content (AvgIpc) is 2.56. The summed E-state index contributed by atoms with van der Waals surface area (Å²) in [4.78, 5) is 29.1. The number of benzene rings is 1. The van der Waals surface area contributed by atoms with Crippen LogP contribution < -0.4 is 5.32 Å². The lowest BCUT2D eigenvalue weighted by Gasteiger charge is -2.34. The molecular formula is C17H20N4O3. The van der Waals surface area contributed by atoms with E-state index in [0.717, 1.165) is 10.5 Å². The van der Waals surface area contributed by atoms with Gasteiger partial charge < -0.3 is 10.1 Å². The quantitative estimate of drug-likeness (QED) is 0.897. The minimum Gasteiger partial charge on any atom is -0.375 e. The summed E-state index contributed by atoms with van der Waals surface area (Å²) in [5.74, 6) is -0.680. The number of urea groups is 2. The Labute approximate surface area is 140 Å². The molecular weight excluding hydrogens is 308 g/mol. The Kier molecular flexibility index (Phi) is 6.04. The lowest BCUT2D eigenvalue weighted by Crippen LogP contribution is -2.56. The molecule has 1 heterocycles. The summed E-state index contributed by atoms with van der Waals surface area (Å²) in [5, 5.41) is 12.0. The van der Waals surface area contributed by atoms with Gasteiger partial charge in [-0.2, -0.15) is 5.26 Å². The molecule has 1 aliphatic rings. The van der Waals surface area contributed by atoms with Crippen LogP contribution in [0.2, 0.25) is 0 Å². The molecule has 4 amide bonds. The van der Waals surface area contributed by atoms with Gasteiger partial charge in [-0.15, -0.1) is 0 Å². The van der Waals surface area contributed by atoms with Crippen molar-refractivity contribution >= 4 is 17.8 Å². The van der Waals surface area contributed by atoms with Crippen LogP contribution in [-0.4, -0.2) is 41.9 Å². The van der Waals surface area contributed by atoms with Gasteiger partial charge in [0.2, 0.25) is 0 Å². The van der Waals surface area contributed by atoms with Gasteiger partial charge in [-0.1, -0.05) is 30.3 Å². The summed E-state index contributed by atoms with van der Waals surface area (Å²) >= 11 is 0. The van der Waals surface area contributed by atoms with Crippen molar-refractivity contribution in [2.24, 2.45) is 10.9 Å². The molecule has 1 aromatic carbocycles. The monoisotopic (exact) mass is 328 g/mol. The van der Waals surface area contributed by atoms with E-state index in [1.165, 1.54) is 0 Å². The van der Waals surface area contributed by atoms with E-state index >= 15 is 0 Å². The summed E-state index contributed by atoms with van der Waals surface area (Å²) < 4.78 is 5.67. The topological polar surface area (TPSA) is 94.8 Å². The number of rotatable bonds is 5. The van der Waals surface area contributed by atoms with Gasteiger partial charge in [-0.3, -0.25) is 0 Å². The predicted molar refractivity (Wildman–Crippen MR) is 88.4 cm³/mol. The minimum atomic E-state index is -0.699. The highest BCUT2D eigenvalue weighted by Gasteiger charge is 2.40. The molecule has 7 heteroatoms. The normalized spacial score (nSPS) is 20.3. The zero-order valence-electron chi connectivity index (χ0n) is 13.7. The third kappa shape index (κ3) is 3.97. The van der Waals surface area contributed by atoms with Crippen molar-refractivity contribution in [2.75, 3.05) is 13.2 Å². The van der Waals surface area contributed by atoms with Gasteiger partial charge in [0.15, 0.2) is 0 Å². The largest absolute Gasteiger partial charge is 0.375 e. The molecule has 1 N–H and O–H groups in total. The van der Waals surface area contributed by atoms with E-state index in [-0.39, 0.29) is 6.61 Å². The van der Waals surface area contributed by atoms with Gasteiger partial charge in [0.25, 0.3) is 0 Å². The van der Waals surface area contributed by atoms with Crippen LogP contribution in [0.15, 0.2) is 35.3 Å². The number of nitrogens with one attached hydrogen (secondary N) is 1. The number of aliphatic imine (C=N–C) groups is 1. The van der Waals surface area contributed by atoms with E-state index in [9.17, 15) is 14.9 Å². The zero-order chi connectivity index (χ0) is 17.5. The lowest BCUT2D eigenvalue weighted by atomic mass is 9.94.